The fourth-order valence-electron chi connectivity index (χ4n) is 5.82. The van der Waals surface area contributed by atoms with Crippen LogP contribution in [0.5, 0.6) is 0 Å². The van der Waals surface area contributed by atoms with Crippen molar-refractivity contribution in [3.8, 4) is 11.1 Å². The Morgan fingerprint density at radius 3 is 2.23 bits per heavy atom. The second-order valence-electron chi connectivity index (χ2n) is 9.99. The molecule has 0 heterocycles. The SMILES string of the molecule is CC(C(=O)O)N(C(=O)C1CCCC1CNC(=O)OCC1c2ccccc2-c2ccccc21)C1CC1. The number of carbonyl (C=O) groups excluding carboxylic acids is 2. The summed E-state index contributed by atoms with van der Waals surface area (Å²) in [5, 5.41) is 12.3. The average molecular weight is 477 g/mol. The first-order chi connectivity index (χ1) is 17.0. The molecule has 2 N–H and O–H groups in total. The number of aliphatic carboxylic acids is 1. The van der Waals surface area contributed by atoms with Gasteiger partial charge in [0.25, 0.3) is 0 Å². The zero-order chi connectivity index (χ0) is 24.5. The Kier molecular flexibility index (Phi) is 6.50. The van der Waals surface area contributed by atoms with E-state index in [0.29, 0.717) is 6.54 Å². The van der Waals surface area contributed by atoms with Gasteiger partial charge in [0.15, 0.2) is 0 Å². The van der Waals surface area contributed by atoms with Gasteiger partial charge in [-0.3, -0.25) is 4.79 Å². The number of nitrogens with zero attached hydrogens (tertiary/aromatic N) is 1. The molecule has 3 aliphatic carbocycles. The number of hydrogen-bond donors (Lipinski definition) is 2. The summed E-state index contributed by atoms with van der Waals surface area (Å²) < 4.78 is 5.64. The Hall–Kier alpha value is -3.35. The van der Waals surface area contributed by atoms with Gasteiger partial charge in [0.05, 0.1) is 0 Å². The van der Waals surface area contributed by atoms with Crippen molar-refractivity contribution in [3.05, 3.63) is 59.7 Å². The van der Waals surface area contributed by atoms with Crippen LogP contribution in [0.25, 0.3) is 11.1 Å². The minimum atomic E-state index is -0.975. The average Bonchev–Trinajstić information content (AvgIpc) is 3.48. The third-order valence-corrected chi connectivity index (χ3v) is 7.80. The molecule has 2 saturated carbocycles. The molecule has 7 nitrogen and oxygen atoms in total. The van der Waals surface area contributed by atoms with Crippen LogP contribution in [-0.4, -0.2) is 53.2 Å². The summed E-state index contributed by atoms with van der Waals surface area (Å²) in [6, 6.07) is 15.6. The molecule has 0 bridgehead atoms. The Balaban J connectivity index is 1.18. The van der Waals surface area contributed by atoms with Crippen molar-refractivity contribution in [1.29, 1.82) is 0 Å². The number of amides is 2. The van der Waals surface area contributed by atoms with Crippen molar-refractivity contribution < 1.29 is 24.2 Å². The van der Waals surface area contributed by atoms with Crippen LogP contribution >= 0.6 is 0 Å². The first kappa shape index (κ1) is 23.4. The summed E-state index contributed by atoms with van der Waals surface area (Å²) in [5.74, 6) is -1.33. The summed E-state index contributed by atoms with van der Waals surface area (Å²) in [6.07, 6.45) is 3.69. The predicted molar refractivity (Wildman–Crippen MR) is 131 cm³/mol. The molecule has 0 saturated heterocycles. The molecule has 0 radical (unpaired) electrons. The van der Waals surface area contributed by atoms with Gasteiger partial charge in [-0.15, -0.1) is 0 Å². The minimum absolute atomic E-state index is 0.00133. The van der Waals surface area contributed by atoms with Gasteiger partial charge in [-0.1, -0.05) is 55.0 Å². The van der Waals surface area contributed by atoms with Gasteiger partial charge >= 0.3 is 12.1 Å². The van der Waals surface area contributed by atoms with Crippen LogP contribution in [0.15, 0.2) is 48.5 Å². The van der Waals surface area contributed by atoms with E-state index in [1.165, 1.54) is 11.1 Å². The third kappa shape index (κ3) is 4.64. The van der Waals surface area contributed by atoms with Gasteiger partial charge in [0.2, 0.25) is 5.91 Å². The smallest absolute Gasteiger partial charge is 0.407 e. The lowest BCUT2D eigenvalue weighted by Gasteiger charge is -2.31. The third-order valence-electron chi connectivity index (χ3n) is 7.80. The summed E-state index contributed by atoms with van der Waals surface area (Å²) in [4.78, 5) is 39.0. The van der Waals surface area contributed by atoms with Gasteiger partial charge < -0.3 is 20.1 Å². The number of carboxylic acids is 1. The molecule has 3 aliphatic rings. The van der Waals surface area contributed by atoms with Crippen LogP contribution in [0.1, 0.15) is 56.1 Å². The van der Waals surface area contributed by atoms with E-state index in [-0.39, 0.29) is 36.3 Å². The highest BCUT2D eigenvalue weighted by molar-refractivity contribution is 5.86. The van der Waals surface area contributed by atoms with E-state index in [9.17, 15) is 19.5 Å². The Morgan fingerprint density at radius 1 is 1.00 bits per heavy atom. The van der Waals surface area contributed by atoms with Crippen molar-refractivity contribution >= 4 is 18.0 Å². The summed E-state index contributed by atoms with van der Waals surface area (Å²) in [6.45, 7) is 2.18. The largest absolute Gasteiger partial charge is 0.480 e. The van der Waals surface area contributed by atoms with Gasteiger partial charge in [0.1, 0.15) is 12.6 Å². The zero-order valence-corrected chi connectivity index (χ0v) is 20.0. The van der Waals surface area contributed by atoms with E-state index in [0.717, 1.165) is 43.2 Å². The summed E-state index contributed by atoms with van der Waals surface area (Å²) in [5.41, 5.74) is 4.69. The van der Waals surface area contributed by atoms with Crippen LogP contribution in [0.3, 0.4) is 0 Å². The summed E-state index contributed by atoms with van der Waals surface area (Å²) in [7, 11) is 0. The maximum absolute atomic E-state index is 13.3. The second kappa shape index (κ2) is 9.72. The normalized spacial score (nSPS) is 21.6. The number of nitrogens with one attached hydrogen (secondary N) is 1. The number of carboxylic acid groups (broad SMARTS) is 1. The molecule has 3 atom stereocenters. The van der Waals surface area contributed by atoms with Crippen molar-refractivity contribution in [2.45, 2.75) is 57.0 Å². The lowest BCUT2D eigenvalue weighted by Crippen LogP contribution is -2.48. The van der Waals surface area contributed by atoms with Crippen LogP contribution in [-0.2, 0) is 14.3 Å². The molecule has 0 aromatic heterocycles. The highest BCUT2D eigenvalue weighted by atomic mass is 16.5. The number of benzene rings is 2. The number of alkyl carbamates (subject to hydrolysis) is 1. The van der Waals surface area contributed by atoms with E-state index < -0.39 is 18.1 Å². The van der Waals surface area contributed by atoms with E-state index >= 15 is 0 Å². The highest BCUT2D eigenvalue weighted by Crippen LogP contribution is 2.44. The van der Waals surface area contributed by atoms with Gasteiger partial charge in [0, 0.05) is 24.4 Å². The molecule has 2 amide bonds. The van der Waals surface area contributed by atoms with Crippen molar-refractivity contribution in [1.82, 2.24) is 10.2 Å². The topological polar surface area (TPSA) is 95.9 Å². The highest BCUT2D eigenvalue weighted by Gasteiger charge is 2.44. The number of hydrogen-bond acceptors (Lipinski definition) is 4. The van der Waals surface area contributed by atoms with Crippen molar-refractivity contribution in [2.24, 2.45) is 11.8 Å². The van der Waals surface area contributed by atoms with E-state index in [4.69, 9.17) is 4.74 Å². The lowest BCUT2D eigenvalue weighted by atomic mass is 9.93. The Labute approximate surface area is 205 Å². The number of ether oxygens (including phenoxy) is 1. The van der Waals surface area contributed by atoms with Crippen molar-refractivity contribution in [2.75, 3.05) is 13.2 Å². The maximum Gasteiger partial charge on any atom is 0.407 e. The maximum atomic E-state index is 13.3. The van der Waals surface area contributed by atoms with Crippen LogP contribution in [0, 0.1) is 11.8 Å². The molecule has 2 aromatic rings. The molecule has 7 heteroatoms. The summed E-state index contributed by atoms with van der Waals surface area (Å²) >= 11 is 0. The molecule has 3 unspecified atom stereocenters. The molecule has 0 spiro atoms. The van der Waals surface area contributed by atoms with Gasteiger partial charge in [-0.2, -0.15) is 0 Å². The lowest BCUT2D eigenvalue weighted by molar-refractivity contribution is -0.152. The Morgan fingerprint density at radius 2 is 1.63 bits per heavy atom. The quantitative estimate of drug-likeness (QED) is 0.589. The number of rotatable bonds is 8. The molecule has 2 fully saturated rings. The van der Waals surface area contributed by atoms with Crippen molar-refractivity contribution in [3.63, 3.8) is 0 Å². The monoisotopic (exact) mass is 476 g/mol. The zero-order valence-electron chi connectivity index (χ0n) is 20.0. The Bertz CT molecular complexity index is 1080. The first-order valence-corrected chi connectivity index (χ1v) is 12.6. The molecule has 5 rings (SSSR count). The van der Waals surface area contributed by atoms with Crippen LogP contribution in [0.4, 0.5) is 4.79 Å². The molecule has 35 heavy (non-hydrogen) atoms. The number of carbonyl (C=O) groups is 3. The van der Waals surface area contributed by atoms with E-state index in [1.807, 2.05) is 24.3 Å². The molecular weight excluding hydrogens is 444 g/mol. The number of fused-ring (bicyclic) bond motifs is 3. The standard InChI is InChI=1S/C28H32N2O5/c1-17(27(32)33)30(19-13-14-19)26(31)20-12-6-7-18(20)15-29-28(34)35-16-25-23-10-4-2-8-21(23)22-9-3-5-11-24(22)25/h2-5,8-11,17-20,25H,6-7,12-16H2,1H3,(H,29,34)(H,32,33). The predicted octanol–water partition coefficient (Wildman–Crippen LogP) is 4.41. The van der Waals surface area contributed by atoms with E-state index in [2.05, 4.69) is 29.6 Å². The fourth-order valence-corrected chi connectivity index (χ4v) is 5.82. The van der Waals surface area contributed by atoms with Gasteiger partial charge in [-0.25, -0.2) is 9.59 Å². The minimum Gasteiger partial charge on any atom is -0.480 e. The van der Waals surface area contributed by atoms with Gasteiger partial charge in [-0.05, 0) is 60.8 Å². The van der Waals surface area contributed by atoms with E-state index in [1.54, 1.807) is 11.8 Å². The molecule has 0 aliphatic heterocycles. The van der Waals surface area contributed by atoms with Crippen LogP contribution in [0.2, 0.25) is 0 Å². The first-order valence-electron chi connectivity index (χ1n) is 12.6. The van der Waals surface area contributed by atoms with Crippen LogP contribution < -0.4 is 5.32 Å². The second-order valence-corrected chi connectivity index (χ2v) is 9.99. The fraction of sp³-hybridized carbons (Fsp3) is 0.464. The molecule has 2 aromatic carbocycles. The molecule has 184 valence electrons. The molecular formula is C28H32N2O5.